The minimum Gasteiger partial charge on any atom is -0.454 e. The molecule has 2 aromatic carbocycles. The van der Waals surface area contributed by atoms with E-state index in [1.54, 1.807) is 0 Å². The van der Waals surface area contributed by atoms with Gasteiger partial charge in [0.15, 0.2) is 0 Å². The molecule has 4 unspecified atom stereocenters. The smallest absolute Gasteiger partial charge is 0.303 e. The fourth-order valence-electron chi connectivity index (χ4n) is 4.95. The molecule has 2 nitrogen and oxygen atoms in total. The number of benzene rings is 2. The lowest BCUT2D eigenvalue weighted by atomic mass is 9.75. The molecule has 5 rings (SSSR count). The maximum atomic E-state index is 11.8. The Labute approximate surface area is 123 Å². The third kappa shape index (κ3) is 1.26. The molecule has 21 heavy (non-hydrogen) atoms. The maximum absolute atomic E-state index is 11.8. The third-order valence-corrected chi connectivity index (χ3v) is 5.53. The minimum atomic E-state index is -0.424. The molecule has 0 bridgehead atoms. The lowest BCUT2D eigenvalue weighted by Crippen LogP contribution is -2.38. The summed E-state index contributed by atoms with van der Waals surface area (Å²) in [4.78, 5) is 11.8. The van der Waals surface area contributed by atoms with E-state index in [0.29, 0.717) is 17.8 Å². The van der Waals surface area contributed by atoms with Crippen LogP contribution in [0.2, 0.25) is 0 Å². The summed E-state index contributed by atoms with van der Waals surface area (Å²) < 4.78 is 5.97. The van der Waals surface area contributed by atoms with E-state index < -0.39 is 5.60 Å². The van der Waals surface area contributed by atoms with E-state index >= 15 is 0 Å². The molecule has 0 heterocycles. The molecule has 1 saturated carbocycles. The zero-order valence-electron chi connectivity index (χ0n) is 11.9. The van der Waals surface area contributed by atoms with Crippen LogP contribution in [0, 0.1) is 5.92 Å². The molecule has 0 aliphatic heterocycles. The first-order valence-corrected chi connectivity index (χ1v) is 7.59. The third-order valence-electron chi connectivity index (χ3n) is 5.53. The van der Waals surface area contributed by atoms with Crippen LogP contribution in [0.5, 0.6) is 0 Å². The van der Waals surface area contributed by atoms with Crippen molar-refractivity contribution in [1.82, 2.24) is 0 Å². The van der Waals surface area contributed by atoms with Crippen molar-refractivity contribution in [2.24, 2.45) is 5.92 Å². The van der Waals surface area contributed by atoms with Gasteiger partial charge in [-0.2, -0.15) is 0 Å². The van der Waals surface area contributed by atoms with E-state index in [-0.39, 0.29) is 5.97 Å². The monoisotopic (exact) mass is 276 g/mol. The lowest BCUT2D eigenvalue weighted by Gasteiger charge is -2.37. The number of carbonyl (C=O) groups excluding carboxylic acids is 1. The Balaban J connectivity index is 1.76. The Morgan fingerprint density at radius 3 is 2.52 bits per heavy atom. The van der Waals surface area contributed by atoms with Gasteiger partial charge in [0, 0.05) is 19.3 Å². The molecule has 0 N–H and O–H groups in total. The van der Waals surface area contributed by atoms with Gasteiger partial charge in [-0.1, -0.05) is 48.5 Å². The summed E-state index contributed by atoms with van der Waals surface area (Å²) in [6.07, 6.45) is 0.817. The van der Waals surface area contributed by atoms with Crippen molar-refractivity contribution < 1.29 is 9.53 Å². The SMILES string of the molecule is CC(=O)OC12Cc3ccccc3C3C(c4ccccc41)C32. The van der Waals surface area contributed by atoms with Gasteiger partial charge in [-0.25, -0.2) is 0 Å². The zero-order chi connectivity index (χ0) is 14.2. The Kier molecular flexibility index (Phi) is 1.96. The first-order chi connectivity index (χ1) is 10.2. The number of ether oxygens (including phenoxy) is 1. The van der Waals surface area contributed by atoms with E-state index in [4.69, 9.17) is 4.74 Å². The normalized spacial score (nSPS) is 33.7. The second-order valence-corrected chi connectivity index (χ2v) is 6.52. The summed E-state index contributed by atoms with van der Waals surface area (Å²) in [5.74, 6) is 1.33. The van der Waals surface area contributed by atoms with Crippen LogP contribution < -0.4 is 0 Å². The molecule has 0 saturated heterocycles. The molecule has 0 amide bonds. The van der Waals surface area contributed by atoms with Gasteiger partial charge in [0.1, 0.15) is 5.60 Å². The molecule has 2 heteroatoms. The Bertz CT molecular complexity index is 779. The molecule has 1 fully saturated rings. The van der Waals surface area contributed by atoms with Crippen molar-refractivity contribution in [3.63, 3.8) is 0 Å². The van der Waals surface area contributed by atoms with Crippen LogP contribution in [-0.4, -0.2) is 5.97 Å². The largest absolute Gasteiger partial charge is 0.454 e. The zero-order valence-corrected chi connectivity index (χ0v) is 11.9. The molecule has 0 aromatic heterocycles. The fourth-order valence-corrected chi connectivity index (χ4v) is 4.95. The van der Waals surface area contributed by atoms with Crippen LogP contribution in [0.4, 0.5) is 0 Å². The topological polar surface area (TPSA) is 26.3 Å². The molecule has 2 aromatic rings. The fraction of sp³-hybridized carbons (Fsp3) is 0.316. The predicted molar refractivity (Wildman–Crippen MR) is 79.0 cm³/mol. The van der Waals surface area contributed by atoms with Crippen LogP contribution in [-0.2, 0) is 21.6 Å². The Morgan fingerprint density at radius 1 is 1.05 bits per heavy atom. The van der Waals surface area contributed by atoms with E-state index in [2.05, 4.69) is 48.5 Å². The van der Waals surface area contributed by atoms with E-state index in [0.717, 1.165) is 6.42 Å². The highest BCUT2D eigenvalue weighted by Crippen LogP contribution is 2.76. The second-order valence-electron chi connectivity index (χ2n) is 6.52. The van der Waals surface area contributed by atoms with Gasteiger partial charge in [0.05, 0.1) is 0 Å². The van der Waals surface area contributed by atoms with Crippen molar-refractivity contribution in [3.05, 3.63) is 70.8 Å². The van der Waals surface area contributed by atoms with Gasteiger partial charge in [-0.15, -0.1) is 0 Å². The number of hydrogen-bond acceptors (Lipinski definition) is 2. The molecule has 0 radical (unpaired) electrons. The van der Waals surface area contributed by atoms with Crippen LogP contribution in [0.25, 0.3) is 0 Å². The summed E-state index contributed by atoms with van der Waals surface area (Å²) >= 11 is 0. The molecule has 3 aliphatic rings. The highest BCUT2D eigenvalue weighted by molar-refractivity contribution is 5.69. The number of esters is 1. The Hall–Kier alpha value is -2.09. The summed E-state index contributed by atoms with van der Waals surface area (Å²) in [5.41, 5.74) is 5.01. The van der Waals surface area contributed by atoms with Crippen LogP contribution in [0.15, 0.2) is 48.5 Å². The number of hydrogen-bond donors (Lipinski definition) is 0. The highest BCUT2D eigenvalue weighted by atomic mass is 16.6. The number of fused-ring (bicyclic) bond motifs is 6. The predicted octanol–water partition coefficient (Wildman–Crippen LogP) is 3.51. The van der Waals surface area contributed by atoms with Crippen molar-refractivity contribution in [2.45, 2.75) is 30.8 Å². The molecule has 3 aliphatic carbocycles. The van der Waals surface area contributed by atoms with Gasteiger partial charge in [-0.05, 0) is 34.1 Å². The highest BCUT2D eigenvalue weighted by Gasteiger charge is 2.72. The first-order valence-electron chi connectivity index (χ1n) is 7.59. The quantitative estimate of drug-likeness (QED) is 0.745. The molecule has 0 spiro atoms. The summed E-state index contributed by atoms with van der Waals surface area (Å²) in [6.45, 7) is 1.53. The van der Waals surface area contributed by atoms with E-state index in [1.165, 1.54) is 29.2 Å². The maximum Gasteiger partial charge on any atom is 0.303 e. The molecule has 104 valence electrons. The molecular weight excluding hydrogens is 260 g/mol. The van der Waals surface area contributed by atoms with Crippen LogP contribution >= 0.6 is 0 Å². The van der Waals surface area contributed by atoms with Crippen molar-refractivity contribution in [2.75, 3.05) is 0 Å². The van der Waals surface area contributed by atoms with Crippen molar-refractivity contribution in [3.8, 4) is 0 Å². The van der Waals surface area contributed by atoms with Crippen molar-refractivity contribution >= 4 is 5.97 Å². The molecular formula is C19H16O2. The van der Waals surface area contributed by atoms with Crippen LogP contribution in [0.1, 0.15) is 41.0 Å². The van der Waals surface area contributed by atoms with Gasteiger partial charge in [-0.3, -0.25) is 4.79 Å². The lowest BCUT2D eigenvalue weighted by molar-refractivity contribution is -0.161. The van der Waals surface area contributed by atoms with Gasteiger partial charge < -0.3 is 4.74 Å². The number of carbonyl (C=O) groups is 1. The van der Waals surface area contributed by atoms with Gasteiger partial charge >= 0.3 is 5.97 Å². The minimum absolute atomic E-state index is 0.171. The summed E-state index contributed by atoms with van der Waals surface area (Å²) in [6, 6.07) is 17.2. The average molecular weight is 276 g/mol. The van der Waals surface area contributed by atoms with E-state index in [1.807, 2.05) is 0 Å². The van der Waals surface area contributed by atoms with Gasteiger partial charge in [0.25, 0.3) is 0 Å². The standard InChI is InChI=1S/C19H16O2/c1-11(20)21-19-10-12-6-2-3-7-13(12)16-17(18(16)19)14-8-4-5-9-15(14)19/h2-9,16-18H,10H2,1H3. The van der Waals surface area contributed by atoms with Crippen molar-refractivity contribution in [1.29, 1.82) is 0 Å². The van der Waals surface area contributed by atoms with Crippen LogP contribution in [0.3, 0.4) is 0 Å². The summed E-state index contributed by atoms with van der Waals surface area (Å²) in [7, 11) is 0. The van der Waals surface area contributed by atoms with Gasteiger partial charge in [0.2, 0.25) is 0 Å². The average Bonchev–Trinajstić information content (AvgIpc) is 3.17. The summed E-state index contributed by atoms with van der Waals surface area (Å²) in [5, 5.41) is 0. The second kappa shape index (κ2) is 3.56. The molecule has 4 atom stereocenters. The Morgan fingerprint density at radius 2 is 1.71 bits per heavy atom. The number of rotatable bonds is 1. The van der Waals surface area contributed by atoms with E-state index in [9.17, 15) is 4.79 Å². The first kappa shape index (κ1) is 11.6.